The third-order valence-corrected chi connectivity index (χ3v) is 14.1. The predicted octanol–water partition coefficient (Wildman–Crippen LogP) is 13.6. The average molecular weight is 715 g/mol. The Kier molecular flexibility index (Phi) is 7.57. The van der Waals surface area contributed by atoms with Crippen LogP contribution >= 0.6 is 0 Å². The van der Waals surface area contributed by atoms with Gasteiger partial charge in [0.15, 0.2) is 0 Å². The molecule has 1 fully saturated rings. The van der Waals surface area contributed by atoms with E-state index in [-0.39, 0.29) is 10.8 Å². The highest BCUT2D eigenvalue weighted by Gasteiger charge is 2.44. The van der Waals surface area contributed by atoms with Crippen LogP contribution in [0.3, 0.4) is 0 Å². The SMILES string of the molecule is CC1(C)c2cc(C=Cc3ccc4c(c3)C3(CCCCC3)c3cc(N5CCCc6ccccc65)ccc3-4)ccc2-c2ccc(N3CCCc4ccccc43)cc21. The molecule has 3 aliphatic carbocycles. The van der Waals surface area contributed by atoms with Gasteiger partial charge in [-0.15, -0.1) is 0 Å². The third kappa shape index (κ3) is 5.13. The standard InChI is InChI=1S/C53H50N2/c1-52(2)46-32-36(20-24-42(46)43-26-22-40(34-47(43)52)54-30-10-14-38-12-4-6-16-50(38)54)18-19-37-21-25-44-45-27-23-41(55-31-11-15-39-13-5-7-17-51(39)55)35-49(45)53(48(44)33-37)28-8-3-9-29-53/h4-7,12-13,16-27,32-35H,3,8-11,14-15,28-31H2,1-2H3. The molecule has 0 N–H and O–H groups in total. The molecule has 2 nitrogen and oxygen atoms in total. The van der Waals surface area contributed by atoms with E-state index >= 15 is 0 Å². The van der Waals surface area contributed by atoms with Crippen LogP contribution in [0.2, 0.25) is 0 Å². The summed E-state index contributed by atoms with van der Waals surface area (Å²) in [5.41, 5.74) is 22.6. The number of hydrogen-bond donors (Lipinski definition) is 0. The number of fused-ring (bicyclic) bond motifs is 10. The minimum atomic E-state index is -0.0678. The molecule has 2 heteroatoms. The van der Waals surface area contributed by atoms with Gasteiger partial charge in [-0.05, 0) is 142 Å². The van der Waals surface area contributed by atoms with Crippen LogP contribution in [-0.2, 0) is 23.7 Å². The molecule has 0 radical (unpaired) electrons. The van der Waals surface area contributed by atoms with E-state index in [0.29, 0.717) is 0 Å². The quantitative estimate of drug-likeness (QED) is 0.168. The van der Waals surface area contributed by atoms with Crippen molar-refractivity contribution in [3.05, 3.63) is 166 Å². The van der Waals surface area contributed by atoms with Gasteiger partial charge in [0.05, 0.1) is 0 Å². The highest BCUT2D eigenvalue weighted by Crippen LogP contribution is 2.57. The number of rotatable bonds is 4. The van der Waals surface area contributed by atoms with Crippen molar-refractivity contribution < 1.29 is 0 Å². The number of benzene rings is 6. The minimum Gasteiger partial charge on any atom is -0.341 e. The van der Waals surface area contributed by atoms with Gasteiger partial charge in [-0.1, -0.05) is 130 Å². The van der Waals surface area contributed by atoms with E-state index in [9.17, 15) is 0 Å². The zero-order chi connectivity index (χ0) is 36.7. The normalized spacial score (nSPS) is 18.4. The van der Waals surface area contributed by atoms with Gasteiger partial charge in [-0.25, -0.2) is 0 Å². The molecule has 0 amide bonds. The van der Waals surface area contributed by atoms with Crippen LogP contribution in [0.4, 0.5) is 22.7 Å². The number of aryl methyl sites for hydroxylation is 2. The summed E-state index contributed by atoms with van der Waals surface area (Å²) in [5, 5.41) is 0. The summed E-state index contributed by atoms with van der Waals surface area (Å²) in [4.78, 5) is 5.11. The van der Waals surface area contributed by atoms with Crippen molar-refractivity contribution in [2.24, 2.45) is 0 Å². The maximum atomic E-state index is 2.58. The lowest BCUT2D eigenvalue weighted by molar-refractivity contribution is 0.353. The molecule has 0 unspecified atom stereocenters. The van der Waals surface area contributed by atoms with Gasteiger partial charge in [0, 0.05) is 46.7 Å². The molecule has 2 heterocycles. The van der Waals surface area contributed by atoms with Gasteiger partial charge in [0.2, 0.25) is 0 Å². The van der Waals surface area contributed by atoms with Gasteiger partial charge >= 0.3 is 0 Å². The van der Waals surface area contributed by atoms with Crippen molar-refractivity contribution in [2.75, 3.05) is 22.9 Å². The number of anilines is 4. The van der Waals surface area contributed by atoms with Crippen molar-refractivity contribution in [1.29, 1.82) is 0 Å². The first-order chi connectivity index (χ1) is 27.0. The lowest BCUT2D eigenvalue weighted by Gasteiger charge is -2.37. The van der Waals surface area contributed by atoms with E-state index in [4.69, 9.17) is 0 Å². The second kappa shape index (κ2) is 12.6. The lowest BCUT2D eigenvalue weighted by atomic mass is 9.67. The van der Waals surface area contributed by atoms with Crippen LogP contribution in [0.5, 0.6) is 0 Å². The Bertz CT molecular complexity index is 2530. The molecule has 272 valence electrons. The van der Waals surface area contributed by atoms with Crippen LogP contribution in [-0.4, -0.2) is 13.1 Å². The molecule has 1 spiro atoms. The molecule has 6 aromatic rings. The largest absolute Gasteiger partial charge is 0.341 e. The smallest absolute Gasteiger partial charge is 0.0443 e. The molecular weight excluding hydrogens is 665 g/mol. The van der Waals surface area contributed by atoms with Gasteiger partial charge in [0.25, 0.3) is 0 Å². The van der Waals surface area contributed by atoms with Crippen molar-refractivity contribution >= 4 is 34.9 Å². The third-order valence-electron chi connectivity index (χ3n) is 14.1. The summed E-state index contributed by atoms with van der Waals surface area (Å²) in [7, 11) is 0. The molecule has 1 saturated carbocycles. The second-order valence-electron chi connectivity index (χ2n) is 17.4. The fraction of sp³-hybridized carbons (Fsp3) is 0.283. The van der Waals surface area contributed by atoms with Gasteiger partial charge in [0.1, 0.15) is 0 Å². The predicted molar refractivity (Wildman–Crippen MR) is 232 cm³/mol. The van der Waals surface area contributed by atoms with E-state index in [1.165, 1.54) is 136 Å². The van der Waals surface area contributed by atoms with Crippen molar-refractivity contribution in [3.63, 3.8) is 0 Å². The summed E-state index contributed by atoms with van der Waals surface area (Å²) < 4.78 is 0. The van der Waals surface area contributed by atoms with Crippen LogP contribution < -0.4 is 9.80 Å². The summed E-state index contributed by atoms with van der Waals surface area (Å²) in [6, 6.07) is 47.0. The first kappa shape index (κ1) is 33.0. The molecule has 11 rings (SSSR count). The number of para-hydroxylation sites is 2. The molecule has 6 aromatic carbocycles. The highest BCUT2D eigenvalue weighted by atomic mass is 15.1. The molecule has 5 aliphatic rings. The molecule has 0 atom stereocenters. The molecule has 55 heavy (non-hydrogen) atoms. The van der Waals surface area contributed by atoms with E-state index < -0.39 is 0 Å². The van der Waals surface area contributed by atoms with Crippen LogP contribution in [0.25, 0.3) is 34.4 Å². The van der Waals surface area contributed by atoms with Crippen molar-refractivity contribution in [1.82, 2.24) is 0 Å². The number of nitrogens with zero attached hydrogens (tertiary/aromatic N) is 2. The van der Waals surface area contributed by atoms with E-state index in [1.807, 2.05) is 0 Å². The maximum Gasteiger partial charge on any atom is 0.0443 e. The topological polar surface area (TPSA) is 6.48 Å². The number of hydrogen-bond acceptors (Lipinski definition) is 2. The fourth-order valence-electron chi connectivity index (χ4n) is 11.3. The Morgan fingerprint density at radius 3 is 1.49 bits per heavy atom. The molecule has 0 aromatic heterocycles. The second-order valence-corrected chi connectivity index (χ2v) is 17.4. The lowest BCUT2D eigenvalue weighted by Crippen LogP contribution is -2.29. The fourth-order valence-corrected chi connectivity index (χ4v) is 11.3. The Labute approximate surface area is 327 Å². The molecule has 2 aliphatic heterocycles. The van der Waals surface area contributed by atoms with E-state index in [2.05, 4.69) is 157 Å². The summed E-state index contributed by atoms with van der Waals surface area (Å²) >= 11 is 0. The summed E-state index contributed by atoms with van der Waals surface area (Å²) in [5.74, 6) is 0. The Balaban J connectivity index is 0.902. The Morgan fingerprint density at radius 2 is 0.909 bits per heavy atom. The van der Waals surface area contributed by atoms with E-state index in [0.717, 1.165) is 13.1 Å². The summed E-state index contributed by atoms with van der Waals surface area (Å²) in [6.45, 7) is 6.99. The average Bonchev–Trinajstić information content (AvgIpc) is 3.62. The molecule has 0 saturated heterocycles. The van der Waals surface area contributed by atoms with Crippen LogP contribution in [0.15, 0.2) is 121 Å². The Morgan fingerprint density at radius 1 is 0.455 bits per heavy atom. The zero-order valence-corrected chi connectivity index (χ0v) is 32.4. The Hall–Kier alpha value is -5.34. The first-order valence-corrected chi connectivity index (χ1v) is 21.0. The minimum absolute atomic E-state index is 0.0678. The van der Waals surface area contributed by atoms with Gasteiger partial charge < -0.3 is 9.80 Å². The molecular formula is C53H50N2. The van der Waals surface area contributed by atoms with Gasteiger partial charge in [-0.2, -0.15) is 0 Å². The van der Waals surface area contributed by atoms with Crippen LogP contribution in [0, 0.1) is 0 Å². The highest BCUT2D eigenvalue weighted by molar-refractivity contribution is 5.88. The van der Waals surface area contributed by atoms with Crippen molar-refractivity contribution in [2.45, 2.75) is 82.5 Å². The van der Waals surface area contributed by atoms with Crippen molar-refractivity contribution in [3.8, 4) is 22.3 Å². The molecule has 0 bridgehead atoms. The maximum absolute atomic E-state index is 2.58. The van der Waals surface area contributed by atoms with E-state index in [1.54, 1.807) is 11.1 Å². The van der Waals surface area contributed by atoms with Crippen LogP contribution in [0.1, 0.15) is 103 Å². The zero-order valence-electron chi connectivity index (χ0n) is 32.4. The van der Waals surface area contributed by atoms with Gasteiger partial charge in [-0.3, -0.25) is 0 Å². The summed E-state index contributed by atoms with van der Waals surface area (Å²) in [6.07, 6.45) is 15.9. The first-order valence-electron chi connectivity index (χ1n) is 21.0. The monoisotopic (exact) mass is 714 g/mol.